The van der Waals surface area contributed by atoms with Crippen LogP contribution in [0.15, 0.2) is 93.4 Å². The predicted molar refractivity (Wildman–Crippen MR) is 141 cm³/mol. The highest BCUT2D eigenvalue weighted by atomic mass is 79.9. The molecule has 34 heavy (non-hydrogen) atoms. The third-order valence-corrected chi connectivity index (χ3v) is 6.33. The molecule has 0 aliphatic carbocycles. The van der Waals surface area contributed by atoms with Crippen LogP contribution in [-0.4, -0.2) is 21.2 Å². The molecule has 8 heteroatoms. The van der Waals surface area contributed by atoms with Gasteiger partial charge in [0.2, 0.25) is 0 Å². The third-order valence-electron chi connectivity index (χ3n) is 5.15. The second-order valence-electron chi connectivity index (χ2n) is 7.70. The van der Waals surface area contributed by atoms with E-state index < -0.39 is 0 Å². The lowest BCUT2D eigenvalue weighted by atomic mass is 10.1. The number of carbonyl (C=O) groups is 1. The molecule has 0 fully saturated rings. The topological polar surface area (TPSA) is 68.5 Å². The lowest BCUT2D eigenvalue weighted by Crippen LogP contribution is -2.19. The van der Waals surface area contributed by atoms with Crippen LogP contribution in [0.1, 0.15) is 34.0 Å². The molecule has 1 N–H and O–H groups in total. The van der Waals surface area contributed by atoms with Gasteiger partial charge in [0.05, 0.1) is 21.0 Å². The molecule has 0 aliphatic heterocycles. The molecule has 1 amide bonds. The summed E-state index contributed by atoms with van der Waals surface area (Å²) in [5.41, 5.74) is 7.87. The fourth-order valence-electron chi connectivity index (χ4n) is 3.28. The van der Waals surface area contributed by atoms with E-state index in [0.29, 0.717) is 17.9 Å². The second-order valence-corrected chi connectivity index (χ2v) is 9.41. The summed E-state index contributed by atoms with van der Waals surface area (Å²) in [7, 11) is 0. The van der Waals surface area contributed by atoms with Crippen LogP contribution < -0.4 is 10.2 Å². The molecule has 0 saturated heterocycles. The largest absolute Gasteiger partial charge is 0.487 e. The first-order chi connectivity index (χ1) is 16.4. The molecule has 172 valence electrons. The summed E-state index contributed by atoms with van der Waals surface area (Å²) in [4.78, 5) is 16.6. The number of ether oxygens (including phenoxy) is 1. The minimum Gasteiger partial charge on any atom is -0.487 e. The number of halogens is 2. The summed E-state index contributed by atoms with van der Waals surface area (Å²) in [6.07, 6.45) is 5.36. The monoisotopic (exact) mass is 580 g/mol. The van der Waals surface area contributed by atoms with Gasteiger partial charge in [-0.3, -0.25) is 4.79 Å². The van der Waals surface area contributed by atoms with Crippen molar-refractivity contribution in [3.05, 3.63) is 111 Å². The highest BCUT2D eigenvalue weighted by Crippen LogP contribution is 2.35. The van der Waals surface area contributed by atoms with E-state index >= 15 is 0 Å². The fourth-order valence-corrected chi connectivity index (χ4v) is 4.93. The molecule has 1 aromatic heterocycles. The van der Waals surface area contributed by atoms with E-state index in [0.717, 1.165) is 37.1 Å². The van der Waals surface area contributed by atoms with E-state index in [2.05, 4.69) is 47.4 Å². The molecule has 4 rings (SSSR count). The maximum Gasteiger partial charge on any atom is 0.271 e. The Morgan fingerprint density at radius 1 is 1.03 bits per heavy atom. The average molecular weight is 582 g/mol. The van der Waals surface area contributed by atoms with Gasteiger partial charge in [-0.05, 0) is 98.8 Å². The van der Waals surface area contributed by atoms with Crippen LogP contribution in [-0.2, 0) is 6.61 Å². The minimum absolute atomic E-state index is 0.272. The lowest BCUT2D eigenvalue weighted by molar-refractivity contribution is 0.0955. The van der Waals surface area contributed by atoms with Crippen LogP contribution in [0, 0.1) is 6.92 Å². The highest BCUT2D eigenvalue weighted by molar-refractivity contribution is 9.11. The molecule has 0 saturated carbocycles. The molecule has 0 bridgehead atoms. The standard InChI is InChI=1S/C26H22Br2N4O2/c1-17-13-23(27)25(24(28)14-17)34-15-19-3-5-21(6-4-19)26(33)31-30-18(2)20-7-9-22(10-8-20)32-12-11-29-16-32/h3-14,16H,15H2,1-2H3,(H,31,33)/b30-18+. The molecule has 3 aromatic carbocycles. The van der Waals surface area contributed by atoms with Gasteiger partial charge in [0.1, 0.15) is 12.4 Å². The summed E-state index contributed by atoms with van der Waals surface area (Å²) < 4.78 is 9.65. The van der Waals surface area contributed by atoms with Crippen LogP contribution in [0.5, 0.6) is 5.75 Å². The van der Waals surface area contributed by atoms with Crippen molar-refractivity contribution in [2.24, 2.45) is 5.10 Å². The summed E-state index contributed by atoms with van der Waals surface area (Å²) in [6, 6.07) is 19.1. The van der Waals surface area contributed by atoms with E-state index in [1.165, 1.54) is 0 Å². The maximum absolute atomic E-state index is 12.5. The Kier molecular flexibility index (Phi) is 7.59. The van der Waals surface area contributed by atoms with Crippen LogP contribution in [0.2, 0.25) is 0 Å². The van der Waals surface area contributed by atoms with Gasteiger partial charge >= 0.3 is 0 Å². The van der Waals surface area contributed by atoms with E-state index in [1.54, 1.807) is 24.7 Å². The van der Waals surface area contributed by atoms with Crippen molar-refractivity contribution in [1.82, 2.24) is 15.0 Å². The van der Waals surface area contributed by atoms with Crippen LogP contribution in [0.3, 0.4) is 0 Å². The summed E-state index contributed by atoms with van der Waals surface area (Å²) in [5.74, 6) is 0.473. The Balaban J connectivity index is 1.35. The smallest absolute Gasteiger partial charge is 0.271 e. The molecule has 4 aromatic rings. The number of imidazole rings is 1. The lowest BCUT2D eigenvalue weighted by Gasteiger charge is -2.11. The average Bonchev–Trinajstić information content (AvgIpc) is 3.37. The third kappa shape index (κ3) is 5.81. The Hall–Kier alpha value is -3.23. The number of rotatable bonds is 7. The van der Waals surface area contributed by atoms with Crippen molar-refractivity contribution in [3.63, 3.8) is 0 Å². The quantitative estimate of drug-likeness (QED) is 0.202. The van der Waals surface area contributed by atoms with Gasteiger partial charge in [-0.15, -0.1) is 0 Å². The van der Waals surface area contributed by atoms with Crippen molar-refractivity contribution in [2.45, 2.75) is 20.5 Å². The van der Waals surface area contributed by atoms with E-state index in [-0.39, 0.29) is 5.91 Å². The number of aryl methyl sites for hydroxylation is 1. The number of benzene rings is 3. The van der Waals surface area contributed by atoms with Crippen molar-refractivity contribution < 1.29 is 9.53 Å². The van der Waals surface area contributed by atoms with Crippen LogP contribution >= 0.6 is 31.9 Å². The van der Waals surface area contributed by atoms with Gasteiger partial charge in [-0.2, -0.15) is 5.10 Å². The normalized spacial score (nSPS) is 11.4. The Labute approximate surface area is 214 Å². The predicted octanol–water partition coefficient (Wildman–Crippen LogP) is 6.44. The molecule has 0 aliphatic rings. The first-order valence-electron chi connectivity index (χ1n) is 10.5. The van der Waals surface area contributed by atoms with Gasteiger partial charge in [0, 0.05) is 23.6 Å². The van der Waals surface area contributed by atoms with Gasteiger partial charge in [0.15, 0.2) is 0 Å². The van der Waals surface area contributed by atoms with Crippen molar-refractivity contribution >= 4 is 43.5 Å². The van der Waals surface area contributed by atoms with Gasteiger partial charge in [0.25, 0.3) is 5.91 Å². The first-order valence-corrected chi connectivity index (χ1v) is 12.1. The Bertz CT molecular complexity index is 1290. The molecular formula is C26H22Br2N4O2. The first kappa shape index (κ1) is 23.9. The SMILES string of the molecule is C/C(=N\NC(=O)c1ccc(COc2c(Br)cc(C)cc2Br)cc1)c1ccc(-n2ccnc2)cc1. The van der Waals surface area contributed by atoms with E-state index in [1.807, 2.05) is 73.1 Å². The molecule has 1 heterocycles. The molecule has 0 unspecified atom stereocenters. The number of hydrazone groups is 1. The number of nitrogens with zero attached hydrogens (tertiary/aromatic N) is 3. The van der Waals surface area contributed by atoms with E-state index in [4.69, 9.17) is 4.74 Å². The highest BCUT2D eigenvalue weighted by Gasteiger charge is 2.09. The maximum atomic E-state index is 12.5. The second kappa shape index (κ2) is 10.8. The zero-order chi connectivity index (χ0) is 24.1. The molecular weight excluding hydrogens is 560 g/mol. The van der Waals surface area contributed by atoms with Crippen LogP contribution in [0.25, 0.3) is 5.69 Å². The summed E-state index contributed by atoms with van der Waals surface area (Å²) in [6.45, 7) is 4.26. The summed E-state index contributed by atoms with van der Waals surface area (Å²) >= 11 is 7.07. The van der Waals surface area contributed by atoms with Crippen molar-refractivity contribution in [1.29, 1.82) is 0 Å². The molecule has 0 radical (unpaired) electrons. The van der Waals surface area contributed by atoms with Gasteiger partial charge in [-0.1, -0.05) is 24.3 Å². The summed E-state index contributed by atoms with van der Waals surface area (Å²) in [5, 5.41) is 4.25. The number of amides is 1. The fraction of sp³-hybridized carbons (Fsp3) is 0.115. The Morgan fingerprint density at radius 3 is 2.29 bits per heavy atom. The van der Waals surface area contributed by atoms with Crippen molar-refractivity contribution in [2.75, 3.05) is 0 Å². The molecule has 6 nitrogen and oxygen atoms in total. The van der Waals surface area contributed by atoms with E-state index in [9.17, 15) is 4.79 Å². The number of nitrogens with one attached hydrogen (secondary N) is 1. The minimum atomic E-state index is -0.272. The van der Waals surface area contributed by atoms with Gasteiger partial charge in [-0.25, -0.2) is 10.4 Å². The zero-order valence-electron chi connectivity index (χ0n) is 18.6. The Morgan fingerprint density at radius 2 is 1.68 bits per heavy atom. The number of carbonyl (C=O) groups excluding carboxylic acids is 1. The number of aromatic nitrogens is 2. The van der Waals surface area contributed by atoms with Gasteiger partial charge < -0.3 is 9.30 Å². The van der Waals surface area contributed by atoms with Crippen molar-refractivity contribution in [3.8, 4) is 11.4 Å². The molecule has 0 atom stereocenters. The van der Waals surface area contributed by atoms with Crippen LogP contribution in [0.4, 0.5) is 0 Å². The number of hydrogen-bond donors (Lipinski definition) is 1. The molecule has 0 spiro atoms. The zero-order valence-corrected chi connectivity index (χ0v) is 21.8. The number of hydrogen-bond acceptors (Lipinski definition) is 4.